The smallest absolute Gasteiger partial charge is 0.295 e. The number of carbonyl (C=O) groups is 1. The standard InChI is InChI=1S/C12H17ClN4O3/c1-4-12(2,3)15-11(18)7-5-8(13)10(16-14)9(6-7)17(19)20/h5-6,16H,4,14H2,1-3H3,(H,15,18). The molecule has 0 saturated carbocycles. The van der Waals surface area contributed by atoms with Gasteiger partial charge in [0, 0.05) is 17.2 Å². The highest BCUT2D eigenvalue weighted by Gasteiger charge is 2.24. The quantitative estimate of drug-likeness (QED) is 0.439. The van der Waals surface area contributed by atoms with Crippen LogP contribution in [0.2, 0.25) is 5.02 Å². The molecule has 0 aliphatic carbocycles. The van der Waals surface area contributed by atoms with Crippen LogP contribution < -0.4 is 16.6 Å². The van der Waals surface area contributed by atoms with Gasteiger partial charge in [0.2, 0.25) is 0 Å². The van der Waals surface area contributed by atoms with Crippen LogP contribution in [0.1, 0.15) is 37.6 Å². The molecule has 0 bridgehead atoms. The largest absolute Gasteiger partial charge is 0.347 e. The molecule has 1 rings (SSSR count). The van der Waals surface area contributed by atoms with Crippen molar-refractivity contribution in [1.82, 2.24) is 5.32 Å². The molecule has 110 valence electrons. The van der Waals surface area contributed by atoms with Gasteiger partial charge in [-0.25, -0.2) is 0 Å². The van der Waals surface area contributed by atoms with E-state index in [1.165, 1.54) is 6.07 Å². The van der Waals surface area contributed by atoms with E-state index in [9.17, 15) is 14.9 Å². The first-order valence-corrected chi connectivity index (χ1v) is 6.36. The van der Waals surface area contributed by atoms with Gasteiger partial charge in [-0.3, -0.25) is 20.8 Å². The molecule has 1 amide bonds. The van der Waals surface area contributed by atoms with Crippen molar-refractivity contribution in [3.63, 3.8) is 0 Å². The van der Waals surface area contributed by atoms with E-state index < -0.39 is 16.4 Å². The molecular formula is C12H17ClN4O3. The normalized spacial score (nSPS) is 11.1. The lowest BCUT2D eigenvalue weighted by atomic mass is 10.0. The minimum atomic E-state index is -0.650. The van der Waals surface area contributed by atoms with Crippen LogP contribution in [-0.4, -0.2) is 16.4 Å². The highest BCUT2D eigenvalue weighted by atomic mass is 35.5. The average molecular weight is 301 g/mol. The lowest BCUT2D eigenvalue weighted by Crippen LogP contribution is -2.42. The third kappa shape index (κ3) is 3.58. The lowest BCUT2D eigenvalue weighted by Gasteiger charge is -2.24. The molecular weight excluding hydrogens is 284 g/mol. The summed E-state index contributed by atoms with van der Waals surface area (Å²) in [5, 5.41) is 13.8. The average Bonchev–Trinajstić information content (AvgIpc) is 2.37. The van der Waals surface area contributed by atoms with E-state index in [-0.39, 0.29) is 22.0 Å². The van der Waals surface area contributed by atoms with Crippen molar-refractivity contribution in [2.24, 2.45) is 5.84 Å². The van der Waals surface area contributed by atoms with Crippen LogP contribution in [0.4, 0.5) is 11.4 Å². The molecule has 0 aromatic heterocycles. The second-order valence-electron chi connectivity index (χ2n) is 4.95. The third-order valence-corrected chi connectivity index (χ3v) is 3.31. The molecule has 1 aromatic rings. The molecule has 8 heteroatoms. The Bertz CT molecular complexity index is 546. The van der Waals surface area contributed by atoms with E-state index in [0.717, 1.165) is 12.5 Å². The fraction of sp³-hybridized carbons (Fsp3) is 0.417. The number of halogens is 1. The molecule has 0 radical (unpaired) electrons. The summed E-state index contributed by atoms with van der Waals surface area (Å²) in [6, 6.07) is 2.48. The maximum Gasteiger partial charge on any atom is 0.295 e. The number of hydrogen-bond donors (Lipinski definition) is 3. The number of carbonyl (C=O) groups excluding carboxylic acids is 1. The number of nitrogens with zero attached hydrogens (tertiary/aromatic N) is 1. The Morgan fingerprint density at radius 3 is 2.55 bits per heavy atom. The number of nitrogens with two attached hydrogens (primary N) is 1. The van der Waals surface area contributed by atoms with Crippen LogP contribution in [0.15, 0.2) is 12.1 Å². The van der Waals surface area contributed by atoms with E-state index in [1.54, 1.807) is 0 Å². The fourth-order valence-corrected chi connectivity index (χ4v) is 1.75. The Morgan fingerprint density at radius 1 is 1.50 bits per heavy atom. The number of hydrazine groups is 1. The first-order valence-electron chi connectivity index (χ1n) is 5.99. The summed E-state index contributed by atoms with van der Waals surface area (Å²) in [5.41, 5.74) is 1.49. The molecule has 0 spiro atoms. The van der Waals surface area contributed by atoms with Crippen LogP contribution in [0.5, 0.6) is 0 Å². The first-order chi connectivity index (χ1) is 9.21. The Hall–Kier alpha value is -1.86. The van der Waals surface area contributed by atoms with Gasteiger partial charge in [-0.1, -0.05) is 18.5 Å². The SMILES string of the molecule is CCC(C)(C)NC(=O)c1cc(Cl)c(NN)c([N+](=O)[O-])c1. The number of nitrogen functional groups attached to an aromatic ring is 1. The summed E-state index contributed by atoms with van der Waals surface area (Å²) in [7, 11) is 0. The van der Waals surface area contributed by atoms with Crippen LogP contribution in [0.3, 0.4) is 0 Å². The predicted molar refractivity (Wildman–Crippen MR) is 77.8 cm³/mol. The Labute approximate surface area is 121 Å². The van der Waals surface area contributed by atoms with Crippen molar-refractivity contribution >= 4 is 28.9 Å². The van der Waals surface area contributed by atoms with Gasteiger partial charge in [-0.05, 0) is 26.3 Å². The van der Waals surface area contributed by atoms with Crippen molar-refractivity contribution in [2.75, 3.05) is 5.43 Å². The maximum absolute atomic E-state index is 12.1. The van der Waals surface area contributed by atoms with Gasteiger partial charge in [-0.2, -0.15) is 0 Å². The van der Waals surface area contributed by atoms with Gasteiger partial charge in [0.1, 0.15) is 5.69 Å². The number of nitro groups is 1. The number of anilines is 1. The number of nitro benzene ring substituents is 1. The van der Waals surface area contributed by atoms with Crippen molar-refractivity contribution in [3.05, 3.63) is 32.8 Å². The highest BCUT2D eigenvalue weighted by Crippen LogP contribution is 2.33. The lowest BCUT2D eigenvalue weighted by molar-refractivity contribution is -0.384. The van der Waals surface area contributed by atoms with Crippen molar-refractivity contribution in [2.45, 2.75) is 32.7 Å². The minimum absolute atomic E-state index is 0.0150. The molecule has 7 nitrogen and oxygen atoms in total. The monoisotopic (exact) mass is 300 g/mol. The number of nitrogens with one attached hydrogen (secondary N) is 2. The molecule has 0 saturated heterocycles. The van der Waals surface area contributed by atoms with E-state index in [1.807, 2.05) is 20.8 Å². The van der Waals surface area contributed by atoms with Crippen molar-refractivity contribution in [3.8, 4) is 0 Å². The zero-order valence-electron chi connectivity index (χ0n) is 11.5. The number of amides is 1. The van der Waals surface area contributed by atoms with E-state index >= 15 is 0 Å². The van der Waals surface area contributed by atoms with E-state index in [4.69, 9.17) is 17.4 Å². The van der Waals surface area contributed by atoms with Crippen LogP contribution >= 0.6 is 11.6 Å². The summed E-state index contributed by atoms with van der Waals surface area (Å²) in [6.45, 7) is 5.64. The summed E-state index contributed by atoms with van der Waals surface area (Å²) in [5.74, 6) is 4.77. The molecule has 0 heterocycles. The minimum Gasteiger partial charge on any atom is -0.347 e. The number of hydrogen-bond acceptors (Lipinski definition) is 5. The van der Waals surface area contributed by atoms with Gasteiger partial charge in [-0.15, -0.1) is 0 Å². The maximum atomic E-state index is 12.1. The Balaban J connectivity index is 3.21. The van der Waals surface area contributed by atoms with Crippen molar-refractivity contribution < 1.29 is 9.72 Å². The number of benzene rings is 1. The summed E-state index contributed by atoms with van der Waals surface area (Å²) in [6.07, 6.45) is 0.719. The van der Waals surface area contributed by atoms with Crippen LogP contribution in [0.25, 0.3) is 0 Å². The summed E-state index contributed by atoms with van der Waals surface area (Å²) < 4.78 is 0. The summed E-state index contributed by atoms with van der Waals surface area (Å²) in [4.78, 5) is 22.4. The second kappa shape index (κ2) is 6.06. The molecule has 1 aromatic carbocycles. The van der Waals surface area contributed by atoms with Gasteiger partial charge < -0.3 is 10.7 Å². The van der Waals surface area contributed by atoms with Gasteiger partial charge in [0.25, 0.3) is 11.6 Å². The summed E-state index contributed by atoms with van der Waals surface area (Å²) >= 11 is 5.90. The Morgan fingerprint density at radius 2 is 2.10 bits per heavy atom. The molecule has 4 N–H and O–H groups in total. The Kier molecular flexibility index (Phi) is 4.91. The molecule has 0 unspecified atom stereocenters. The molecule has 20 heavy (non-hydrogen) atoms. The third-order valence-electron chi connectivity index (χ3n) is 3.01. The van der Waals surface area contributed by atoms with Crippen LogP contribution in [0, 0.1) is 10.1 Å². The van der Waals surface area contributed by atoms with Gasteiger partial charge in [0.15, 0.2) is 0 Å². The van der Waals surface area contributed by atoms with Crippen LogP contribution in [-0.2, 0) is 0 Å². The van der Waals surface area contributed by atoms with Gasteiger partial charge >= 0.3 is 0 Å². The number of rotatable bonds is 5. The topological polar surface area (TPSA) is 110 Å². The molecule has 0 fully saturated rings. The second-order valence-corrected chi connectivity index (χ2v) is 5.35. The zero-order valence-corrected chi connectivity index (χ0v) is 12.2. The molecule has 0 aliphatic rings. The van der Waals surface area contributed by atoms with E-state index in [2.05, 4.69) is 10.7 Å². The van der Waals surface area contributed by atoms with E-state index in [0.29, 0.717) is 0 Å². The first kappa shape index (κ1) is 16.2. The van der Waals surface area contributed by atoms with Crippen molar-refractivity contribution in [1.29, 1.82) is 0 Å². The van der Waals surface area contributed by atoms with Gasteiger partial charge in [0.05, 0.1) is 9.95 Å². The predicted octanol–water partition coefficient (Wildman–Crippen LogP) is 2.45. The highest BCUT2D eigenvalue weighted by molar-refractivity contribution is 6.34. The fourth-order valence-electron chi connectivity index (χ4n) is 1.48. The molecule has 0 atom stereocenters. The zero-order chi connectivity index (χ0) is 15.5. The molecule has 0 aliphatic heterocycles.